The van der Waals surface area contributed by atoms with E-state index >= 15 is 0 Å². The Morgan fingerprint density at radius 2 is 2.17 bits per heavy atom. The third kappa shape index (κ3) is 2.38. The van der Waals surface area contributed by atoms with Gasteiger partial charge in [0.05, 0.1) is 0 Å². The molecule has 0 unspecified atom stereocenters. The average molecular weight is 188 g/mol. The zero-order valence-electron chi connectivity index (χ0n) is 6.69. The van der Waals surface area contributed by atoms with Crippen molar-refractivity contribution >= 4 is 17.3 Å². The van der Waals surface area contributed by atoms with Crippen LogP contribution in [0.5, 0.6) is 0 Å². The number of hydrogen-bond acceptors (Lipinski definition) is 1. The Morgan fingerprint density at radius 3 is 2.75 bits per heavy atom. The summed E-state index contributed by atoms with van der Waals surface area (Å²) in [7, 11) is 0. The molecule has 0 amide bonds. The minimum atomic E-state index is -0.290. The van der Waals surface area contributed by atoms with Crippen LogP contribution in [0.25, 0.3) is 0 Å². The smallest absolute Gasteiger partial charge is 0.125 e. The lowest BCUT2D eigenvalue weighted by molar-refractivity contribution is 0.627. The van der Waals surface area contributed by atoms with Crippen LogP contribution in [0.1, 0.15) is 12.0 Å². The van der Waals surface area contributed by atoms with Crippen molar-refractivity contribution in [1.82, 2.24) is 0 Å². The maximum absolute atomic E-state index is 12.6. The number of nitrogens with two attached hydrogens (primary N) is 1. The average Bonchev–Trinajstić information content (AvgIpc) is 2.03. The number of anilines is 1. The molecular weight excluding hydrogens is 177 g/mol. The predicted octanol–water partition coefficient (Wildman–Crippen LogP) is 2.58. The molecule has 2 N–H and O–H groups in total. The van der Waals surface area contributed by atoms with Crippen LogP contribution in [-0.2, 0) is 6.42 Å². The first-order valence-corrected chi connectivity index (χ1v) is 4.37. The molecule has 1 rings (SSSR count). The Labute approximate surface area is 76.3 Å². The Balaban J connectivity index is 2.72. The summed E-state index contributed by atoms with van der Waals surface area (Å²) in [6, 6.07) is 4.46. The van der Waals surface area contributed by atoms with Crippen molar-refractivity contribution in [2.24, 2.45) is 0 Å². The molecule has 0 heterocycles. The summed E-state index contributed by atoms with van der Waals surface area (Å²) >= 11 is 5.52. The largest absolute Gasteiger partial charge is 0.398 e. The molecule has 0 bridgehead atoms. The van der Waals surface area contributed by atoms with Gasteiger partial charge in [-0.3, -0.25) is 0 Å². The summed E-state index contributed by atoms with van der Waals surface area (Å²) in [5.74, 6) is 0.318. The summed E-state index contributed by atoms with van der Waals surface area (Å²) in [5, 5.41) is 0. The van der Waals surface area contributed by atoms with E-state index in [1.807, 2.05) is 0 Å². The highest BCUT2D eigenvalue weighted by molar-refractivity contribution is 6.17. The van der Waals surface area contributed by atoms with E-state index in [-0.39, 0.29) is 5.82 Å². The van der Waals surface area contributed by atoms with E-state index in [1.54, 1.807) is 6.07 Å². The van der Waals surface area contributed by atoms with Gasteiger partial charge in [0.2, 0.25) is 0 Å². The first-order chi connectivity index (χ1) is 5.74. The van der Waals surface area contributed by atoms with E-state index in [9.17, 15) is 4.39 Å². The molecule has 0 aliphatic rings. The van der Waals surface area contributed by atoms with Gasteiger partial charge in [0.1, 0.15) is 5.82 Å². The fraction of sp³-hybridized carbons (Fsp3) is 0.333. The SMILES string of the molecule is Nc1cc(F)ccc1CCCCl. The van der Waals surface area contributed by atoms with Crippen molar-refractivity contribution in [2.75, 3.05) is 11.6 Å². The maximum Gasteiger partial charge on any atom is 0.125 e. The Bertz CT molecular complexity index is 263. The van der Waals surface area contributed by atoms with Gasteiger partial charge in [0.25, 0.3) is 0 Å². The van der Waals surface area contributed by atoms with E-state index in [4.69, 9.17) is 17.3 Å². The van der Waals surface area contributed by atoms with Crippen LogP contribution in [0, 0.1) is 5.82 Å². The van der Waals surface area contributed by atoms with E-state index in [0.29, 0.717) is 11.6 Å². The number of alkyl halides is 1. The van der Waals surface area contributed by atoms with Gasteiger partial charge < -0.3 is 5.73 Å². The van der Waals surface area contributed by atoms with Crippen molar-refractivity contribution in [3.8, 4) is 0 Å². The van der Waals surface area contributed by atoms with E-state index < -0.39 is 0 Å². The quantitative estimate of drug-likeness (QED) is 0.571. The second kappa shape index (κ2) is 4.31. The van der Waals surface area contributed by atoms with Gasteiger partial charge in [-0.15, -0.1) is 11.6 Å². The highest BCUT2D eigenvalue weighted by Gasteiger charge is 1.99. The molecule has 3 heteroatoms. The summed E-state index contributed by atoms with van der Waals surface area (Å²) in [6.45, 7) is 0. The molecule has 1 aromatic rings. The van der Waals surface area contributed by atoms with Crippen LogP contribution in [0.4, 0.5) is 10.1 Å². The van der Waals surface area contributed by atoms with Crippen LogP contribution in [0.3, 0.4) is 0 Å². The van der Waals surface area contributed by atoms with Crippen LogP contribution in [0.2, 0.25) is 0 Å². The van der Waals surface area contributed by atoms with Crippen LogP contribution in [0.15, 0.2) is 18.2 Å². The van der Waals surface area contributed by atoms with E-state index in [2.05, 4.69) is 0 Å². The van der Waals surface area contributed by atoms with Crippen molar-refractivity contribution in [3.05, 3.63) is 29.6 Å². The molecule has 1 aromatic carbocycles. The zero-order valence-corrected chi connectivity index (χ0v) is 7.44. The van der Waals surface area contributed by atoms with Crippen molar-refractivity contribution in [1.29, 1.82) is 0 Å². The maximum atomic E-state index is 12.6. The predicted molar refractivity (Wildman–Crippen MR) is 49.9 cm³/mol. The molecule has 0 radical (unpaired) electrons. The molecule has 0 saturated carbocycles. The summed E-state index contributed by atoms with van der Waals surface area (Å²) in [4.78, 5) is 0. The molecule has 66 valence electrons. The molecule has 1 nitrogen and oxygen atoms in total. The minimum absolute atomic E-state index is 0.290. The van der Waals surface area contributed by atoms with Gasteiger partial charge in [-0.2, -0.15) is 0 Å². The summed E-state index contributed by atoms with van der Waals surface area (Å²) in [6.07, 6.45) is 1.69. The van der Waals surface area contributed by atoms with Gasteiger partial charge in [0, 0.05) is 11.6 Å². The summed E-state index contributed by atoms with van der Waals surface area (Å²) in [5.41, 5.74) is 7.06. The monoisotopic (exact) mass is 187 g/mol. The number of benzene rings is 1. The molecule has 0 aliphatic heterocycles. The van der Waals surface area contributed by atoms with Gasteiger partial charge in [-0.25, -0.2) is 4.39 Å². The van der Waals surface area contributed by atoms with Crippen molar-refractivity contribution in [3.63, 3.8) is 0 Å². The second-order valence-electron chi connectivity index (χ2n) is 2.64. The normalized spacial score (nSPS) is 10.2. The fourth-order valence-electron chi connectivity index (χ4n) is 1.05. The number of nitrogen functional groups attached to an aromatic ring is 1. The number of aryl methyl sites for hydroxylation is 1. The van der Waals surface area contributed by atoms with Crippen molar-refractivity contribution in [2.45, 2.75) is 12.8 Å². The molecular formula is C9H11ClFN. The first-order valence-electron chi connectivity index (χ1n) is 3.84. The zero-order chi connectivity index (χ0) is 8.97. The highest BCUT2D eigenvalue weighted by atomic mass is 35.5. The molecule has 0 fully saturated rings. The van der Waals surface area contributed by atoms with Crippen LogP contribution >= 0.6 is 11.6 Å². The molecule has 0 atom stereocenters. The minimum Gasteiger partial charge on any atom is -0.398 e. The standard InChI is InChI=1S/C9H11ClFN/c10-5-1-2-7-3-4-8(11)6-9(7)12/h3-4,6H,1-2,5,12H2. The number of rotatable bonds is 3. The molecule has 0 spiro atoms. The lowest BCUT2D eigenvalue weighted by Crippen LogP contribution is -1.95. The van der Waals surface area contributed by atoms with E-state index in [1.165, 1.54) is 12.1 Å². The topological polar surface area (TPSA) is 26.0 Å². The van der Waals surface area contributed by atoms with Gasteiger partial charge in [-0.05, 0) is 30.5 Å². The van der Waals surface area contributed by atoms with Crippen LogP contribution < -0.4 is 5.73 Å². The van der Waals surface area contributed by atoms with Gasteiger partial charge >= 0.3 is 0 Å². The molecule has 0 saturated heterocycles. The fourth-order valence-corrected chi connectivity index (χ4v) is 1.18. The van der Waals surface area contributed by atoms with Crippen molar-refractivity contribution < 1.29 is 4.39 Å². The van der Waals surface area contributed by atoms with Gasteiger partial charge in [-0.1, -0.05) is 6.07 Å². The third-order valence-electron chi connectivity index (χ3n) is 1.69. The molecule has 0 aromatic heterocycles. The number of hydrogen-bond donors (Lipinski definition) is 1. The van der Waals surface area contributed by atoms with Gasteiger partial charge in [0.15, 0.2) is 0 Å². The second-order valence-corrected chi connectivity index (χ2v) is 3.01. The Morgan fingerprint density at radius 1 is 1.42 bits per heavy atom. The molecule has 12 heavy (non-hydrogen) atoms. The number of halogens is 2. The lowest BCUT2D eigenvalue weighted by atomic mass is 10.1. The Kier molecular flexibility index (Phi) is 3.35. The lowest BCUT2D eigenvalue weighted by Gasteiger charge is -2.03. The summed E-state index contributed by atoms with van der Waals surface area (Å²) < 4.78 is 12.6. The first kappa shape index (κ1) is 9.33. The van der Waals surface area contributed by atoms with E-state index in [0.717, 1.165) is 18.4 Å². The van der Waals surface area contributed by atoms with Crippen LogP contribution in [-0.4, -0.2) is 5.88 Å². The Hall–Kier alpha value is -0.760. The highest BCUT2D eigenvalue weighted by Crippen LogP contribution is 2.15. The molecule has 0 aliphatic carbocycles. The third-order valence-corrected chi connectivity index (χ3v) is 1.95.